The molecule has 33 heavy (non-hydrogen) atoms. The van der Waals surface area contributed by atoms with Gasteiger partial charge in [-0.1, -0.05) is 6.92 Å². The number of anilines is 2. The molecule has 1 saturated heterocycles. The Morgan fingerprint density at radius 1 is 1.27 bits per heavy atom. The van der Waals surface area contributed by atoms with E-state index in [9.17, 15) is 9.18 Å². The maximum absolute atomic E-state index is 14.7. The first-order chi connectivity index (χ1) is 15.6. The number of rotatable bonds is 9. The molecule has 2 N–H and O–H groups in total. The Morgan fingerprint density at radius 3 is 2.73 bits per heavy atom. The standard InChI is InChI=1S/C23H27FN6O2.H2S/c1-3-20(31)17-8-16(22(24)21(9-17)32-2)5-4-15-10-26-23(27-11-15)29-18-12-28-30(14-18)19-6-7-25-13-19;/h8-12,14,19,25H,3-7,13H2,1-2H3,(H,26,27,29);1H2/t19-;/m0./s1. The van der Waals surface area contributed by atoms with E-state index in [4.69, 9.17) is 4.74 Å². The van der Waals surface area contributed by atoms with Crippen LogP contribution in [0.1, 0.15) is 47.3 Å². The third kappa shape index (κ3) is 5.88. The molecular weight excluding hydrogens is 443 g/mol. The fourth-order valence-electron chi connectivity index (χ4n) is 3.78. The number of hydrogen-bond acceptors (Lipinski definition) is 7. The van der Waals surface area contributed by atoms with Crippen molar-refractivity contribution in [3.05, 3.63) is 59.4 Å². The second kappa shape index (κ2) is 11.2. The first-order valence-electron chi connectivity index (χ1n) is 10.8. The molecule has 3 aromatic rings. The molecule has 1 fully saturated rings. The zero-order chi connectivity index (χ0) is 22.5. The number of ether oxygens (including phenoxy) is 1. The molecule has 0 amide bonds. The van der Waals surface area contributed by atoms with Crippen molar-refractivity contribution in [1.82, 2.24) is 25.1 Å². The van der Waals surface area contributed by atoms with Gasteiger partial charge in [-0.3, -0.25) is 9.48 Å². The first-order valence-corrected chi connectivity index (χ1v) is 10.8. The van der Waals surface area contributed by atoms with Crippen molar-refractivity contribution >= 4 is 30.9 Å². The minimum Gasteiger partial charge on any atom is -0.494 e. The molecule has 176 valence electrons. The van der Waals surface area contributed by atoms with Gasteiger partial charge in [0.05, 0.1) is 25.0 Å². The number of nitrogens with zero attached hydrogens (tertiary/aromatic N) is 4. The summed E-state index contributed by atoms with van der Waals surface area (Å²) in [5.74, 6) is 0.0786. The second-order valence-corrected chi connectivity index (χ2v) is 7.82. The highest BCUT2D eigenvalue weighted by Gasteiger charge is 2.17. The van der Waals surface area contributed by atoms with Crippen molar-refractivity contribution in [2.24, 2.45) is 0 Å². The van der Waals surface area contributed by atoms with Crippen molar-refractivity contribution in [2.45, 2.75) is 38.6 Å². The highest BCUT2D eigenvalue weighted by atomic mass is 32.1. The smallest absolute Gasteiger partial charge is 0.227 e. The summed E-state index contributed by atoms with van der Waals surface area (Å²) in [4.78, 5) is 20.8. The molecule has 8 nitrogen and oxygen atoms in total. The summed E-state index contributed by atoms with van der Waals surface area (Å²) in [5.41, 5.74) is 2.60. The van der Waals surface area contributed by atoms with Crippen LogP contribution in [0.15, 0.2) is 36.9 Å². The fourth-order valence-corrected chi connectivity index (χ4v) is 3.78. The van der Waals surface area contributed by atoms with Gasteiger partial charge in [0.2, 0.25) is 5.95 Å². The Hall–Kier alpha value is -2.98. The lowest BCUT2D eigenvalue weighted by Gasteiger charge is -2.11. The number of carbonyl (C=O) groups excluding carboxylic acids is 1. The maximum atomic E-state index is 14.7. The molecule has 4 rings (SSSR count). The van der Waals surface area contributed by atoms with Crippen LogP contribution in [0.3, 0.4) is 0 Å². The normalized spacial score (nSPS) is 15.2. The fraction of sp³-hybridized carbons (Fsp3) is 0.391. The van der Waals surface area contributed by atoms with Crippen LogP contribution in [0, 0.1) is 5.82 Å². The summed E-state index contributed by atoms with van der Waals surface area (Å²) in [7, 11) is 1.40. The largest absolute Gasteiger partial charge is 0.494 e. The van der Waals surface area contributed by atoms with Gasteiger partial charge in [-0.05, 0) is 49.1 Å². The molecule has 0 saturated carbocycles. The van der Waals surface area contributed by atoms with E-state index >= 15 is 0 Å². The Bertz CT molecular complexity index is 1080. The third-order valence-electron chi connectivity index (χ3n) is 5.63. The minimum atomic E-state index is -0.436. The number of hydrogen-bond donors (Lipinski definition) is 2. The van der Waals surface area contributed by atoms with Gasteiger partial charge in [0.1, 0.15) is 0 Å². The summed E-state index contributed by atoms with van der Waals surface area (Å²) in [6.45, 7) is 3.71. The SMILES string of the molecule is CCC(=O)c1cc(CCc2cnc(Nc3cnn([C@H]4CCNC4)c3)nc2)c(F)c(OC)c1.S. The van der Waals surface area contributed by atoms with E-state index in [1.54, 1.807) is 31.6 Å². The van der Waals surface area contributed by atoms with Crippen molar-refractivity contribution in [1.29, 1.82) is 0 Å². The summed E-state index contributed by atoms with van der Waals surface area (Å²) < 4.78 is 21.7. The molecule has 3 heterocycles. The van der Waals surface area contributed by atoms with Crippen molar-refractivity contribution in [2.75, 3.05) is 25.5 Å². The van der Waals surface area contributed by atoms with Gasteiger partial charge >= 0.3 is 0 Å². The summed E-state index contributed by atoms with van der Waals surface area (Å²) >= 11 is 0. The van der Waals surface area contributed by atoms with Gasteiger partial charge in [-0.2, -0.15) is 18.6 Å². The average Bonchev–Trinajstić information content (AvgIpc) is 3.51. The van der Waals surface area contributed by atoms with Gasteiger partial charge in [-0.25, -0.2) is 14.4 Å². The topological polar surface area (TPSA) is 94.0 Å². The van der Waals surface area contributed by atoms with Gasteiger partial charge in [0.15, 0.2) is 17.3 Å². The van der Waals surface area contributed by atoms with E-state index in [1.807, 2.05) is 10.9 Å². The number of halogens is 1. The van der Waals surface area contributed by atoms with Crippen LogP contribution in [0.2, 0.25) is 0 Å². The van der Waals surface area contributed by atoms with Crippen molar-refractivity contribution in [3.8, 4) is 5.75 Å². The maximum Gasteiger partial charge on any atom is 0.227 e. The highest BCUT2D eigenvalue weighted by Crippen LogP contribution is 2.25. The summed E-state index contributed by atoms with van der Waals surface area (Å²) in [6.07, 6.45) is 9.52. The summed E-state index contributed by atoms with van der Waals surface area (Å²) in [6, 6.07) is 3.44. The van der Waals surface area contributed by atoms with Gasteiger partial charge in [0.25, 0.3) is 0 Å². The molecule has 1 aromatic carbocycles. The minimum absolute atomic E-state index is 0. The Balaban J connectivity index is 0.00000306. The van der Waals surface area contributed by atoms with Gasteiger partial charge < -0.3 is 15.4 Å². The molecule has 0 radical (unpaired) electrons. The van der Waals surface area contributed by atoms with E-state index in [0.717, 1.165) is 30.8 Å². The molecule has 0 bridgehead atoms. The van der Waals surface area contributed by atoms with Crippen LogP contribution in [-0.2, 0) is 12.8 Å². The number of ketones is 1. The number of nitrogens with one attached hydrogen (secondary N) is 2. The number of benzene rings is 1. The molecule has 1 atom stereocenters. The lowest BCUT2D eigenvalue weighted by atomic mass is 10.00. The van der Waals surface area contributed by atoms with Crippen LogP contribution in [0.25, 0.3) is 0 Å². The molecule has 2 aromatic heterocycles. The van der Waals surface area contributed by atoms with E-state index < -0.39 is 5.82 Å². The number of methoxy groups -OCH3 is 1. The zero-order valence-electron chi connectivity index (χ0n) is 18.8. The van der Waals surface area contributed by atoms with Crippen molar-refractivity contribution in [3.63, 3.8) is 0 Å². The van der Waals surface area contributed by atoms with Crippen LogP contribution in [0.5, 0.6) is 5.75 Å². The number of aryl methyl sites for hydroxylation is 2. The lowest BCUT2D eigenvalue weighted by Crippen LogP contribution is -2.13. The number of aromatic nitrogens is 4. The Morgan fingerprint density at radius 2 is 2.06 bits per heavy atom. The third-order valence-corrected chi connectivity index (χ3v) is 5.63. The number of carbonyl (C=O) groups is 1. The molecule has 1 aliphatic heterocycles. The highest BCUT2D eigenvalue weighted by molar-refractivity contribution is 7.59. The van der Waals surface area contributed by atoms with Crippen LogP contribution >= 0.6 is 13.5 Å². The number of Topliss-reactive ketones (excluding diaryl/α,β-unsaturated/α-hetero) is 1. The van der Waals surface area contributed by atoms with E-state index in [2.05, 4.69) is 25.7 Å². The van der Waals surface area contributed by atoms with Gasteiger partial charge in [-0.15, -0.1) is 0 Å². The van der Waals surface area contributed by atoms with E-state index in [0.29, 0.717) is 42.4 Å². The van der Waals surface area contributed by atoms with E-state index in [1.165, 1.54) is 13.2 Å². The molecule has 0 spiro atoms. The molecule has 1 aliphatic rings. The quantitative estimate of drug-likeness (QED) is 0.460. The lowest BCUT2D eigenvalue weighted by molar-refractivity contribution is 0.0987. The second-order valence-electron chi connectivity index (χ2n) is 7.82. The Labute approximate surface area is 199 Å². The monoisotopic (exact) mass is 472 g/mol. The predicted octanol–water partition coefficient (Wildman–Crippen LogP) is 3.59. The van der Waals surface area contributed by atoms with Gasteiger partial charge in [0, 0.05) is 37.1 Å². The Kier molecular flexibility index (Phi) is 8.40. The molecule has 10 heteroatoms. The molecule has 0 unspecified atom stereocenters. The first kappa shape index (κ1) is 24.7. The van der Waals surface area contributed by atoms with Crippen LogP contribution < -0.4 is 15.4 Å². The molecule has 0 aliphatic carbocycles. The molecular formula is C23H29FN6O2S. The van der Waals surface area contributed by atoms with Crippen LogP contribution in [0.4, 0.5) is 16.0 Å². The van der Waals surface area contributed by atoms with E-state index in [-0.39, 0.29) is 25.0 Å². The summed E-state index contributed by atoms with van der Waals surface area (Å²) in [5, 5.41) is 10.9. The predicted molar refractivity (Wildman–Crippen MR) is 129 cm³/mol. The van der Waals surface area contributed by atoms with Crippen LogP contribution in [-0.4, -0.2) is 45.7 Å². The van der Waals surface area contributed by atoms with Crippen molar-refractivity contribution < 1.29 is 13.9 Å². The average molecular weight is 473 g/mol. The zero-order valence-corrected chi connectivity index (χ0v) is 19.8.